The largest absolute Gasteiger partial charge is 0.497 e. The van der Waals surface area contributed by atoms with Gasteiger partial charge in [0.2, 0.25) is 0 Å². The molecule has 1 heterocycles. The fourth-order valence-electron chi connectivity index (χ4n) is 1.41. The normalized spacial score (nSPS) is 10.7. The number of halogens is 1. The van der Waals surface area contributed by atoms with Crippen molar-refractivity contribution in [1.29, 1.82) is 0 Å². The van der Waals surface area contributed by atoms with E-state index in [1.807, 2.05) is 12.1 Å². The lowest BCUT2D eigenvalue weighted by atomic mass is 10.2. The van der Waals surface area contributed by atoms with E-state index >= 15 is 0 Å². The molecular formula is C10H10BrNO. The highest BCUT2D eigenvalue weighted by Crippen LogP contribution is 2.28. The Hall–Kier alpha value is -0.960. The summed E-state index contributed by atoms with van der Waals surface area (Å²) in [6.07, 6.45) is 0. The molecule has 1 aromatic heterocycles. The number of aromatic amines is 1. The molecule has 1 aromatic carbocycles. The van der Waals surface area contributed by atoms with Crippen LogP contribution >= 0.6 is 15.9 Å². The minimum absolute atomic E-state index is 0.876. The molecule has 0 saturated carbocycles. The molecule has 0 unspecified atom stereocenters. The van der Waals surface area contributed by atoms with Gasteiger partial charge in [0.15, 0.2) is 0 Å². The summed E-state index contributed by atoms with van der Waals surface area (Å²) in [5, 5.41) is 1.23. The predicted octanol–water partition coefficient (Wildman–Crippen LogP) is 3.25. The molecule has 0 amide bonds. The Morgan fingerprint density at radius 3 is 2.85 bits per heavy atom. The summed E-state index contributed by atoms with van der Waals surface area (Å²) in [4.78, 5) is 3.24. The zero-order chi connectivity index (χ0) is 9.42. The minimum atomic E-state index is 0.876. The number of H-pyrrole nitrogens is 1. The van der Waals surface area contributed by atoms with Gasteiger partial charge in [0.05, 0.1) is 17.2 Å². The average molecular weight is 240 g/mol. The van der Waals surface area contributed by atoms with Crippen LogP contribution in [0.1, 0.15) is 5.56 Å². The molecule has 1 N–H and O–H groups in total. The van der Waals surface area contributed by atoms with Crippen molar-refractivity contribution >= 4 is 26.8 Å². The van der Waals surface area contributed by atoms with Gasteiger partial charge in [-0.1, -0.05) is 0 Å². The van der Waals surface area contributed by atoms with Gasteiger partial charge in [-0.25, -0.2) is 0 Å². The molecule has 0 aliphatic heterocycles. The number of nitrogens with one attached hydrogen (secondary N) is 1. The molecule has 0 spiro atoms. The van der Waals surface area contributed by atoms with Crippen LogP contribution in [0.5, 0.6) is 5.75 Å². The zero-order valence-corrected chi connectivity index (χ0v) is 9.10. The Kier molecular flexibility index (Phi) is 2.04. The maximum Gasteiger partial charge on any atom is 0.120 e. The maximum absolute atomic E-state index is 5.14. The molecule has 68 valence electrons. The van der Waals surface area contributed by atoms with E-state index in [2.05, 4.69) is 33.9 Å². The summed E-state index contributed by atoms with van der Waals surface area (Å²) in [5.74, 6) is 0.876. The molecule has 0 aliphatic rings. The van der Waals surface area contributed by atoms with E-state index in [1.165, 1.54) is 10.9 Å². The number of benzene rings is 1. The molecule has 2 aromatic rings. The SMILES string of the molecule is COc1ccc2c(C)c(Br)[nH]c2c1. The molecule has 0 atom stereocenters. The molecule has 0 saturated heterocycles. The first-order valence-corrected chi connectivity index (χ1v) is 4.83. The first-order chi connectivity index (χ1) is 6.22. The third kappa shape index (κ3) is 1.33. The number of ether oxygens (including phenoxy) is 1. The highest BCUT2D eigenvalue weighted by molar-refractivity contribution is 9.10. The molecule has 13 heavy (non-hydrogen) atoms. The second-order valence-corrected chi connectivity index (χ2v) is 3.77. The number of rotatable bonds is 1. The van der Waals surface area contributed by atoms with Crippen LogP contribution in [-0.2, 0) is 0 Å². The Labute approximate surface area is 85.0 Å². The van der Waals surface area contributed by atoms with Crippen LogP contribution in [0, 0.1) is 6.92 Å². The Morgan fingerprint density at radius 2 is 2.15 bits per heavy atom. The third-order valence-corrected chi connectivity index (χ3v) is 3.00. The highest BCUT2D eigenvalue weighted by Gasteiger charge is 2.05. The second kappa shape index (κ2) is 3.07. The molecule has 0 fully saturated rings. The fraction of sp³-hybridized carbons (Fsp3) is 0.200. The monoisotopic (exact) mass is 239 g/mol. The topological polar surface area (TPSA) is 25.0 Å². The van der Waals surface area contributed by atoms with Gasteiger partial charge in [0, 0.05) is 11.5 Å². The van der Waals surface area contributed by atoms with Crippen LogP contribution in [0.3, 0.4) is 0 Å². The molecule has 0 aliphatic carbocycles. The van der Waals surface area contributed by atoms with Crippen molar-refractivity contribution in [3.8, 4) is 5.75 Å². The van der Waals surface area contributed by atoms with E-state index in [4.69, 9.17) is 4.74 Å². The van der Waals surface area contributed by atoms with E-state index in [0.29, 0.717) is 0 Å². The number of methoxy groups -OCH3 is 1. The number of fused-ring (bicyclic) bond motifs is 1. The highest BCUT2D eigenvalue weighted by atomic mass is 79.9. The summed E-state index contributed by atoms with van der Waals surface area (Å²) in [5.41, 5.74) is 2.33. The number of hydrogen-bond acceptors (Lipinski definition) is 1. The van der Waals surface area contributed by atoms with Crippen LogP contribution in [0.2, 0.25) is 0 Å². The number of aromatic nitrogens is 1. The average Bonchev–Trinajstić information content (AvgIpc) is 2.42. The van der Waals surface area contributed by atoms with Crippen molar-refractivity contribution in [3.63, 3.8) is 0 Å². The summed E-state index contributed by atoms with van der Waals surface area (Å²) >= 11 is 3.46. The first-order valence-electron chi connectivity index (χ1n) is 4.04. The van der Waals surface area contributed by atoms with Gasteiger partial charge >= 0.3 is 0 Å². The van der Waals surface area contributed by atoms with Crippen LogP contribution in [-0.4, -0.2) is 12.1 Å². The van der Waals surface area contributed by atoms with Gasteiger partial charge in [-0.3, -0.25) is 0 Å². The van der Waals surface area contributed by atoms with Gasteiger partial charge in [0.25, 0.3) is 0 Å². The molecule has 2 nitrogen and oxygen atoms in total. The minimum Gasteiger partial charge on any atom is -0.497 e. The van der Waals surface area contributed by atoms with Crippen molar-refractivity contribution < 1.29 is 4.74 Å². The predicted molar refractivity (Wildman–Crippen MR) is 57.3 cm³/mol. The molecule has 0 radical (unpaired) electrons. The van der Waals surface area contributed by atoms with E-state index in [0.717, 1.165) is 15.9 Å². The Balaban J connectivity index is 2.73. The van der Waals surface area contributed by atoms with Gasteiger partial charge < -0.3 is 9.72 Å². The summed E-state index contributed by atoms with van der Waals surface area (Å²) in [6, 6.07) is 6.02. The van der Waals surface area contributed by atoms with Crippen LogP contribution in [0.15, 0.2) is 22.8 Å². The number of hydrogen-bond donors (Lipinski definition) is 1. The molecule has 3 heteroatoms. The van der Waals surface area contributed by atoms with Gasteiger partial charge in [0.1, 0.15) is 5.75 Å². The summed E-state index contributed by atoms with van der Waals surface area (Å²) in [6.45, 7) is 2.08. The van der Waals surface area contributed by atoms with Crippen molar-refractivity contribution in [3.05, 3.63) is 28.4 Å². The van der Waals surface area contributed by atoms with Crippen molar-refractivity contribution in [2.24, 2.45) is 0 Å². The van der Waals surface area contributed by atoms with Crippen molar-refractivity contribution in [2.45, 2.75) is 6.92 Å². The van der Waals surface area contributed by atoms with Crippen LogP contribution < -0.4 is 4.74 Å². The Morgan fingerprint density at radius 1 is 1.38 bits per heavy atom. The zero-order valence-electron chi connectivity index (χ0n) is 7.52. The van der Waals surface area contributed by atoms with E-state index < -0.39 is 0 Å². The summed E-state index contributed by atoms with van der Waals surface area (Å²) < 4.78 is 6.17. The van der Waals surface area contributed by atoms with E-state index in [1.54, 1.807) is 7.11 Å². The maximum atomic E-state index is 5.14. The van der Waals surface area contributed by atoms with E-state index in [9.17, 15) is 0 Å². The number of aryl methyl sites for hydroxylation is 1. The summed E-state index contributed by atoms with van der Waals surface area (Å²) in [7, 11) is 1.67. The van der Waals surface area contributed by atoms with Crippen molar-refractivity contribution in [1.82, 2.24) is 4.98 Å². The second-order valence-electron chi connectivity index (χ2n) is 2.98. The van der Waals surface area contributed by atoms with Gasteiger partial charge in [-0.05, 0) is 40.5 Å². The molecule has 0 bridgehead atoms. The third-order valence-electron chi connectivity index (χ3n) is 2.20. The lowest BCUT2D eigenvalue weighted by Gasteiger charge is -1.98. The van der Waals surface area contributed by atoms with E-state index in [-0.39, 0.29) is 0 Å². The van der Waals surface area contributed by atoms with Crippen LogP contribution in [0.25, 0.3) is 10.9 Å². The molecular weight excluding hydrogens is 230 g/mol. The van der Waals surface area contributed by atoms with Gasteiger partial charge in [-0.2, -0.15) is 0 Å². The quantitative estimate of drug-likeness (QED) is 0.813. The van der Waals surface area contributed by atoms with Gasteiger partial charge in [-0.15, -0.1) is 0 Å². The lowest BCUT2D eigenvalue weighted by molar-refractivity contribution is 0.415. The fourth-order valence-corrected chi connectivity index (χ4v) is 1.84. The molecule has 2 rings (SSSR count). The van der Waals surface area contributed by atoms with Crippen molar-refractivity contribution in [2.75, 3.05) is 7.11 Å². The standard InChI is InChI=1S/C10H10BrNO/c1-6-8-4-3-7(13-2)5-9(8)12-10(6)11/h3-5,12H,1-2H3. The first kappa shape index (κ1) is 8.63. The lowest BCUT2D eigenvalue weighted by Crippen LogP contribution is -1.81. The smallest absolute Gasteiger partial charge is 0.120 e. The van der Waals surface area contributed by atoms with Crippen LogP contribution in [0.4, 0.5) is 0 Å². The Bertz CT molecular complexity index is 447.